The Bertz CT molecular complexity index is 1260. The van der Waals surface area contributed by atoms with Gasteiger partial charge in [-0.2, -0.15) is 13.2 Å². The van der Waals surface area contributed by atoms with Gasteiger partial charge in [-0.15, -0.1) is 0 Å². The molecule has 0 spiro atoms. The van der Waals surface area contributed by atoms with E-state index in [1.807, 2.05) is 6.07 Å². The van der Waals surface area contributed by atoms with Crippen LogP contribution in [-0.4, -0.2) is 42.9 Å². The number of ether oxygens (including phenoxy) is 3. The molecule has 2 aromatic carbocycles. The number of hydrogen-bond donors (Lipinski definition) is 1. The third-order valence-electron chi connectivity index (χ3n) is 6.74. The van der Waals surface area contributed by atoms with Crippen LogP contribution in [0.5, 0.6) is 11.5 Å². The molecule has 1 fully saturated rings. The Kier molecular flexibility index (Phi) is 6.23. The highest BCUT2D eigenvalue weighted by Gasteiger charge is 2.47. The van der Waals surface area contributed by atoms with Crippen LogP contribution in [-0.2, 0) is 22.3 Å². The van der Waals surface area contributed by atoms with Gasteiger partial charge in [-0.3, -0.25) is 0 Å². The fourth-order valence-electron chi connectivity index (χ4n) is 5.11. The summed E-state index contributed by atoms with van der Waals surface area (Å²) >= 11 is 5.79. The quantitative estimate of drug-likeness (QED) is 0.561. The van der Waals surface area contributed by atoms with Crippen LogP contribution in [0.4, 0.5) is 18.0 Å². The Hall–Kier alpha value is -3.40. The van der Waals surface area contributed by atoms with Crippen molar-refractivity contribution in [1.29, 1.82) is 0 Å². The average Bonchev–Trinajstić information content (AvgIpc) is 3.44. The lowest BCUT2D eigenvalue weighted by atomic mass is 9.87. The molecule has 3 aliphatic heterocycles. The Morgan fingerprint density at radius 3 is 2.67 bits per heavy atom. The highest BCUT2D eigenvalue weighted by atomic mass is 35.5. The van der Waals surface area contributed by atoms with Crippen molar-refractivity contribution in [2.75, 3.05) is 13.9 Å². The van der Waals surface area contributed by atoms with E-state index in [9.17, 15) is 22.8 Å². The van der Waals surface area contributed by atoms with Crippen LogP contribution in [0.25, 0.3) is 5.57 Å². The Balaban J connectivity index is 1.42. The molecule has 3 heterocycles. The molecule has 2 amide bonds. The predicted octanol–water partition coefficient (Wildman–Crippen LogP) is 5.16. The minimum absolute atomic E-state index is 0.144. The standard InChI is InChI=1S/C25H22ClF3N2O5/c1-34-23(32)22-16(14-3-5-18(26)17(9-14)25(27,28)29)10-15-4-6-19(22)31(15)24(33)30-11-13-2-7-20-21(8-13)36-12-35-20/h2-3,5,7-9,15,19H,4,6,10-12H2,1H3,(H,30,33)/t15-,19+/m0/s1. The summed E-state index contributed by atoms with van der Waals surface area (Å²) in [5, 5.41) is 2.46. The molecule has 0 aliphatic carbocycles. The van der Waals surface area contributed by atoms with Crippen LogP contribution < -0.4 is 14.8 Å². The number of benzene rings is 2. The maximum atomic E-state index is 13.5. The number of hydrogen-bond acceptors (Lipinski definition) is 5. The van der Waals surface area contributed by atoms with Crippen molar-refractivity contribution in [1.82, 2.24) is 10.2 Å². The molecule has 2 bridgehead atoms. The lowest BCUT2D eigenvalue weighted by molar-refractivity contribution is -0.137. The monoisotopic (exact) mass is 522 g/mol. The number of halogens is 4. The van der Waals surface area contributed by atoms with Crippen LogP contribution in [0, 0.1) is 0 Å². The zero-order valence-electron chi connectivity index (χ0n) is 19.2. The molecule has 0 saturated carbocycles. The molecule has 7 nitrogen and oxygen atoms in total. The Morgan fingerprint density at radius 2 is 1.92 bits per heavy atom. The van der Waals surface area contributed by atoms with Gasteiger partial charge in [0.05, 0.1) is 29.3 Å². The summed E-state index contributed by atoms with van der Waals surface area (Å²) in [5.41, 5.74) is 0.706. The van der Waals surface area contributed by atoms with E-state index in [4.69, 9.17) is 25.8 Å². The molecular weight excluding hydrogens is 501 g/mol. The fraction of sp³-hybridized carbons (Fsp3) is 0.360. The maximum absolute atomic E-state index is 13.5. The maximum Gasteiger partial charge on any atom is 0.417 e. The van der Waals surface area contributed by atoms with Gasteiger partial charge in [0.15, 0.2) is 11.5 Å². The lowest BCUT2D eigenvalue weighted by Crippen LogP contribution is -2.50. The largest absolute Gasteiger partial charge is 0.466 e. The summed E-state index contributed by atoms with van der Waals surface area (Å²) in [7, 11) is 1.21. The third-order valence-corrected chi connectivity index (χ3v) is 7.07. The second-order valence-electron chi connectivity index (χ2n) is 8.78. The first-order valence-corrected chi connectivity index (χ1v) is 11.7. The number of carbonyl (C=O) groups excluding carboxylic acids is 2. The molecule has 0 aromatic heterocycles. The SMILES string of the molecule is COC(=O)C1=C(c2ccc(Cl)c(C(F)(F)F)c2)C[C@@H]2CC[C@H]1N2C(=O)NCc1ccc2c(c1)OCO2. The molecule has 0 radical (unpaired) electrons. The number of fused-ring (bicyclic) bond motifs is 3. The topological polar surface area (TPSA) is 77.1 Å². The second kappa shape index (κ2) is 9.24. The fourth-order valence-corrected chi connectivity index (χ4v) is 5.34. The molecule has 3 aliphatic rings. The second-order valence-corrected chi connectivity index (χ2v) is 9.19. The molecule has 0 unspecified atom stereocenters. The minimum Gasteiger partial charge on any atom is -0.466 e. The van der Waals surface area contributed by atoms with Crippen LogP contribution in [0.1, 0.15) is 36.0 Å². The van der Waals surface area contributed by atoms with Crippen LogP contribution in [0.15, 0.2) is 42.0 Å². The number of nitrogens with zero attached hydrogens (tertiary/aromatic N) is 1. The summed E-state index contributed by atoms with van der Waals surface area (Å²) in [5.74, 6) is 0.560. The van der Waals surface area contributed by atoms with Crippen molar-refractivity contribution >= 4 is 29.2 Å². The van der Waals surface area contributed by atoms with Crippen LogP contribution >= 0.6 is 11.6 Å². The van der Waals surface area contributed by atoms with E-state index in [1.54, 1.807) is 17.0 Å². The molecule has 36 heavy (non-hydrogen) atoms. The molecule has 11 heteroatoms. The highest BCUT2D eigenvalue weighted by molar-refractivity contribution is 6.31. The smallest absolute Gasteiger partial charge is 0.417 e. The molecule has 1 N–H and O–H groups in total. The van der Waals surface area contributed by atoms with Gasteiger partial charge in [0.25, 0.3) is 0 Å². The van der Waals surface area contributed by atoms with E-state index in [1.165, 1.54) is 19.2 Å². The summed E-state index contributed by atoms with van der Waals surface area (Å²) in [6, 6.07) is 7.69. The number of urea groups is 1. The van der Waals surface area contributed by atoms with Crippen molar-refractivity contribution in [2.45, 2.75) is 44.1 Å². The van der Waals surface area contributed by atoms with Gasteiger partial charge in [0, 0.05) is 12.6 Å². The first kappa shape index (κ1) is 24.3. The van der Waals surface area contributed by atoms with Gasteiger partial charge >= 0.3 is 18.2 Å². The van der Waals surface area contributed by atoms with Crippen LogP contribution in [0.3, 0.4) is 0 Å². The zero-order valence-corrected chi connectivity index (χ0v) is 19.9. The van der Waals surface area contributed by atoms with Gasteiger partial charge in [0.1, 0.15) is 0 Å². The third kappa shape index (κ3) is 4.34. The summed E-state index contributed by atoms with van der Waals surface area (Å²) in [4.78, 5) is 27.6. The van der Waals surface area contributed by atoms with E-state index < -0.39 is 28.8 Å². The molecule has 2 atom stereocenters. The van der Waals surface area contributed by atoms with Gasteiger partial charge in [-0.1, -0.05) is 23.7 Å². The zero-order chi connectivity index (χ0) is 25.6. The molecule has 5 rings (SSSR count). The van der Waals surface area contributed by atoms with Gasteiger partial charge in [-0.05, 0) is 60.2 Å². The number of rotatable bonds is 4. The Morgan fingerprint density at radius 1 is 1.14 bits per heavy atom. The number of carbonyl (C=O) groups is 2. The summed E-state index contributed by atoms with van der Waals surface area (Å²) in [6.07, 6.45) is -3.33. The van der Waals surface area contributed by atoms with E-state index >= 15 is 0 Å². The van der Waals surface area contributed by atoms with E-state index in [-0.39, 0.29) is 43.0 Å². The summed E-state index contributed by atoms with van der Waals surface area (Å²) in [6.45, 7) is 0.368. The number of alkyl halides is 3. The van der Waals surface area contributed by atoms with E-state index in [0.717, 1.165) is 11.6 Å². The highest BCUT2D eigenvalue weighted by Crippen LogP contribution is 2.45. The molecule has 190 valence electrons. The van der Waals surface area contributed by atoms with Crippen molar-refractivity contribution in [3.63, 3.8) is 0 Å². The van der Waals surface area contributed by atoms with Crippen molar-refractivity contribution in [2.24, 2.45) is 0 Å². The van der Waals surface area contributed by atoms with Gasteiger partial charge in [0.2, 0.25) is 6.79 Å². The predicted molar refractivity (Wildman–Crippen MR) is 123 cm³/mol. The Labute approximate surface area is 209 Å². The number of nitrogens with one attached hydrogen (secondary N) is 1. The molecular formula is C25H22ClF3N2O5. The number of methoxy groups -OCH3 is 1. The van der Waals surface area contributed by atoms with Crippen molar-refractivity contribution in [3.05, 3.63) is 63.7 Å². The normalized spacial score (nSPS) is 20.5. The first-order valence-electron chi connectivity index (χ1n) is 11.3. The molecule has 1 saturated heterocycles. The van der Waals surface area contributed by atoms with Crippen molar-refractivity contribution in [3.8, 4) is 11.5 Å². The molecule has 2 aromatic rings. The van der Waals surface area contributed by atoms with Crippen molar-refractivity contribution < 1.29 is 37.0 Å². The first-order chi connectivity index (χ1) is 17.2. The van der Waals surface area contributed by atoms with Gasteiger partial charge in [-0.25, -0.2) is 9.59 Å². The average molecular weight is 523 g/mol. The number of amides is 2. The number of esters is 1. The summed E-state index contributed by atoms with van der Waals surface area (Å²) < 4.78 is 56.1. The van der Waals surface area contributed by atoms with E-state index in [2.05, 4.69) is 5.32 Å². The lowest BCUT2D eigenvalue weighted by Gasteiger charge is -2.37. The van der Waals surface area contributed by atoms with E-state index in [0.29, 0.717) is 29.9 Å². The minimum atomic E-state index is -4.65. The van der Waals surface area contributed by atoms with Gasteiger partial charge < -0.3 is 24.4 Å². The van der Waals surface area contributed by atoms with Crippen LogP contribution in [0.2, 0.25) is 5.02 Å².